The molecular formula is C16H14N4O3. The fraction of sp³-hybridized carbons (Fsp3) is 0.125. The number of hydrogen-bond donors (Lipinski definition) is 1. The Morgan fingerprint density at radius 2 is 2.22 bits per heavy atom. The van der Waals surface area contributed by atoms with E-state index >= 15 is 0 Å². The molecule has 1 N–H and O–H groups in total. The lowest BCUT2D eigenvalue weighted by atomic mass is 10.0. The largest absolute Gasteiger partial charge is 0.497 e. The second-order valence-corrected chi connectivity index (χ2v) is 4.84. The number of benzene rings is 1. The number of hydrogen-bond acceptors (Lipinski definition) is 5. The Balaban J connectivity index is 1.82. The lowest BCUT2D eigenvalue weighted by Crippen LogP contribution is -2.20. The standard InChI is InChI=1S/C16H14N4O3/c1-23-13-5-2-4-11(8-13)14(21)9-12-10-17-16(19-15(12)22)20-7-3-6-18-20/h2-8,10H,9H2,1H3,(H,17,19,22). The topological polar surface area (TPSA) is 89.9 Å². The van der Waals surface area contributed by atoms with E-state index in [0.717, 1.165) is 0 Å². The van der Waals surface area contributed by atoms with Crippen molar-refractivity contribution in [2.75, 3.05) is 7.11 Å². The third kappa shape index (κ3) is 3.18. The zero-order chi connectivity index (χ0) is 16.2. The van der Waals surface area contributed by atoms with Crippen molar-refractivity contribution < 1.29 is 9.53 Å². The number of ether oxygens (including phenoxy) is 1. The lowest BCUT2D eigenvalue weighted by molar-refractivity contribution is 0.0992. The quantitative estimate of drug-likeness (QED) is 0.719. The van der Waals surface area contributed by atoms with Crippen LogP contribution in [0.25, 0.3) is 5.95 Å². The minimum atomic E-state index is -0.359. The van der Waals surface area contributed by atoms with E-state index in [0.29, 0.717) is 22.8 Å². The van der Waals surface area contributed by atoms with E-state index < -0.39 is 0 Å². The Kier molecular flexibility index (Phi) is 4.01. The summed E-state index contributed by atoms with van der Waals surface area (Å²) in [5.41, 5.74) is 0.426. The Bertz CT molecular complexity index is 884. The van der Waals surface area contributed by atoms with E-state index in [4.69, 9.17) is 4.74 Å². The minimum absolute atomic E-state index is 0.0328. The maximum absolute atomic E-state index is 12.3. The highest BCUT2D eigenvalue weighted by molar-refractivity contribution is 5.97. The van der Waals surface area contributed by atoms with E-state index in [-0.39, 0.29) is 17.8 Å². The zero-order valence-electron chi connectivity index (χ0n) is 12.4. The molecule has 0 aliphatic carbocycles. The maximum Gasteiger partial charge on any atom is 0.255 e. The highest BCUT2D eigenvalue weighted by Gasteiger charge is 2.12. The summed E-state index contributed by atoms with van der Waals surface area (Å²) in [6.45, 7) is 0. The van der Waals surface area contributed by atoms with Crippen LogP contribution in [-0.2, 0) is 6.42 Å². The summed E-state index contributed by atoms with van der Waals surface area (Å²) >= 11 is 0. The van der Waals surface area contributed by atoms with Crippen LogP contribution in [0.2, 0.25) is 0 Å². The van der Waals surface area contributed by atoms with Gasteiger partial charge in [-0.3, -0.25) is 14.6 Å². The number of H-pyrrole nitrogens is 1. The molecule has 0 aliphatic heterocycles. The monoisotopic (exact) mass is 310 g/mol. The molecule has 23 heavy (non-hydrogen) atoms. The van der Waals surface area contributed by atoms with Gasteiger partial charge in [0, 0.05) is 36.1 Å². The smallest absolute Gasteiger partial charge is 0.255 e. The summed E-state index contributed by atoms with van der Waals surface area (Å²) in [4.78, 5) is 31.2. The van der Waals surface area contributed by atoms with Crippen LogP contribution in [0.5, 0.6) is 5.75 Å². The third-order valence-electron chi connectivity index (χ3n) is 3.32. The first kappa shape index (κ1) is 14.7. The number of methoxy groups -OCH3 is 1. The molecule has 0 atom stereocenters. The Labute approximate surface area is 131 Å². The molecule has 2 aromatic heterocycles. The number of ketones is 1. The van der Waals surface area contributed by atoms with E-state index in [9.17, 15) is 9.59 Å². The van der Waals surface area contributed by atoms with Gasteiger partial charge < -0.3 is 4.74 Å². The molecular weight excluding hydrogens is 296 g/mol. The number of carbonyl (C=O) groups excluding carboxylic acids is 1. The second-order valence-electron chi connectivity index (χ2n) is 4.84. The molecule has 7 heteroatoms. The predicted molar refractivity (Wildman–Crippen MR) is 83.0 cm³/mol. The third-order valence-corrected chi connectivity index (χ3v) is 3.32. The van der Waals surface area contributed by atoms with Crippen LogP contribution < -0.4 is 10.3 Å². The van der Waals surface area contributed by atoms with Crippen molar-refractivity contribution in [2.24, 2.45) is 0 Å². The van der Waals surface area contributed by atoms with E-state index in [1.807, 2.05) is 0 Å². The van der Waals surface area contributed by atoms with Gasteiger partial charge in [0.1, 0.15) is 5.75 Å². The molecule has 3 aromatic rings. The average Bonchev–Trinajstić information content (AvgIpc) is 3.11. The number of nitrogens with zero attached hydrogens (tertiary/aromatic N) is 3. The highest BCUT2D eigenvalue weighted by atomic mass is 16.5. The van der Waals surface area contributed by atoms with Gasteiger partial charge in [0.2, 0.25) is 5.95 Å². The summed E-state index contributed by atoms with van der Waals surface area (Å²) in [6.07, 6.45) is 4.61. The summed E-state index contributed by atoms with van der Waals surface area (Å²) in [7, 11) is 1.53. The first-order chi connectivity index (χ1) is 11.2. The van der Waals surface area contributed by atoms with Gasteiger partial charge in [0.25, 0.3) is 5.56 Å². The Hall–Kier alpha value is -3.22. The van der Waals surface area contributed by atoms with Crippen LogP contribution in [0.3, 0.4) is 0 Å². The van der Waals surface area contributed by atoms with Gasteiger partial charge in [0.15, 0.2) is 5.78 Å². The van der Waals surface area contributed by atoms with Crippen LogP contribution >= 0.6 is 0 Å². The molecule has 0 saturated heterocycles. The van der Waals surface area contributed by atoms with Gasteiger partial charge in [-0.2, -0.15) is 5.10 Å². The van der Waals surface area contributed by atoms with Crippen molar-refractivity contribution in [3.8, 4) is 11.7 Å². The van der Waals surface area contributed by atoms with Gasteiger partial charge in [-0.25, -0.2) is 9.67 Å². The Morgan fingerprint density at radius 3 is 2.91 bits per heavy atom. The molecule has 0 saturated carbocycles. The fourth-order valence-electron chi connectivity index (χ4n) is 2.12. The van der Waals surface area contributed by atoms with Crippen LogP contribution in [0.1, 0.15) is 15.9 Å². The molecule has 7 nitrogen and oxygen atoms in total. The molecule has 0 radical (unpaired) electrons. The first-order valence-electron chi connectivity index (χ1n) is 6.93. The van der Waals surface area contributed by atoms with Crippen LogP contribution in [-0.4, -0.2) is 32.6 Å². The van der Waals surface area contributed by atoms with Gasteiger partial charge in [-0.1, -0.05) is 12.1 Å². The molecule has 0 amide bonds. The summed E-state index contributed by atoms with van der Waals surface area (Å²) < 4.78 is 6.53. The number of rotatable bonds is 5. The van der Waals surface area contributed by atoms with Crippen molar-refractivity contribution in [3.05, 3.63) is 70.4 Å². The number of carbonyl (C=O) groups is 1. The van der Waals surface area contributed by atoms with E-state index in [2.05, 4.69) is 15.1 Å². The van der Waals surface area contributed by atoms with Crippen LogP contribution in [0.15, 0.2) is 53.7 Å². The second kappa shape index (κ2) is 6.27. The van der Waals surface area contributed by atoms with Crippen molar-refractivity contribution in [3.63, 3.8) is 0 Å². The predicted octanol–water partition coefficient (Wildman–Crippen LogP) is 1.39. The molecule has 0 bridgehead atoms. The average molecular weight is 310 g/mol. The molecule has 3 rings (SSSR count). The van der Waals surface area contributed by atoms with Gasteiger partial charge in [-0.05, 0) is 18.2 Å². The Morgan fingerprint density at radius 1 is 1.35 bits per heavy atom. The van der Waals surface area contributed by atoms with E-state index in [1.165, 1.54) is 18.0 Å². The molecule has 116 valence electrons. The summed E-state index contributed by atoms with van der Waals surface area (Å²) in [5, 5.41) is 3.99. The van der Waals surface area contributed by atoms with E-state index in [1.54, 1.807) is 42.7 Å². The van der Waals surface area contributed by atoms with Gasteiger partial charge in [-0.15, -0.1) is 0 Å². The normalized spacial score (nSPS) is 10.5. The van der Waals surface area contributed by atoms with Crippen molar-refractivity contribution in [2.45, 2.75) is 6.42 Å². The van der Waals surface area contributed by atoms with Gasteiger partial charge >= 0.3 is 0 Å². The molecule has 0 spiro atoms. The van der Waals surface area contributed by atoms with Gasteiger partial charge in [0.05, 0.1) is 7.11 Å². The SMILES string of the molecule is COc1cccc(C(=O)Cc2cnc(-n3cccn3)[nH]c2=O)c1. The maximum atomic E-state index is 12.3. The highest BCUT2D eigenvalue weighted by Crippen LogP contribution is 2.14. The molecule has 0 unspecified atom stereocenters. The zero-order valence-corrected chi connectivity index (χ0v) is 12.4. The minimum Gasteiger partial charge on any atom is -0.497 e. The number of aromatic nitrogens is 4. The summed E-state index contributed by atoms with van der Waals surface area (Å²) in [6, 6.07) is 8.53. The fourth-order valence-corrected chi connectivity index (χ4v) is 2.12. The van der Waals surface area contributed by atoms with Crippen molar-refractivity contribution >= 4 is 5.78 Å². The first-order valence-corrected chi connectivity index (χ1v) is 6.93. The molecule has 2 heterocycles. The number of Topliss-reactive ketones (excluding diaryl/α,β-unsaturated/α-hetero) is 1. The van der Waals surface area contributed by atoms with Crippen LogP contribution in [0, 0.1) is 0 Å². The van der Waals surface area contributed by atoms with Crippen molar-refractivity contribution in [1.82, 2.24) is 19.7 Å². The lowest BCUT2D eigenvalue weighted by Gasteiger charge is -2.05. The summed E-state index contributed by atoms with van der Waals surface area (Å²) in [5.74, 6) is 0.720. The molecule has 0 fully saturated rings. The van der Waals surface area contributed by atoms with Crippen molar-refractivity contribution in [1.29, 1.82) is 0 Å². The molecule has 0 aliphatic rings. The molecule has 1 aromatic carbocycles. The number of nitrogens with one attached hydrogen (secondary N) is 1. The van der Waals surface area contributed by atoms with Crippen LogP contribution in [0.4, 0.5) is 0 Å². The number of aromatic amines is 1.